The predicted molar refractivity (Wildman–Crippen MR) is 88.9 cm³/mol. The number of ether oxygens (including phenoxy) is 1. The molecule has 2 amide bonds. The number of rotatable bonds is 4. The Bertz CT molecular complexity index is 687. The SMILES string of the molecule is Cc1ccsc1C(=O)NNC(=O)C(C)Oc1cccc(Br)c1. The van der Waals surface area contributed by atoms with E-state index in [2.05, 4.69) is 26.8 Å². The Hall–Kier alpha value is -1.86. The number of hydrogen-bond donors (Lipinski definition) is 2. The van der Waals surface area contributed by atoms with Crippen LogP contribution in [0.2, 0.25) is 0 Å². The molecule has 5 nitrogen and oxygen atoms in total. The van der Waals surface area contributed by atoms with Gasteiger partial charge in [0.15, 0.2) is 6.10 Å². The Morgan fingerprint density at radius 2 is 2.05 bits per heavy atom. The van der Waals surface area contributed by atoms with E-state index in [1.807, 2.05) is 30.5 Å². The fourth-order valence-electron chi connectivity index (χ4n) is 1.68. The van der Waals surface area contributed by atoms with Gasteiger partial charge in [-0.05, 0) is 49.1 Å². The molecule has 0 radical (unpaired) electrons. The molecule has 0 spiro atoms. The van der Waals surface area contributed by atoms with Gasteiger partial charge in [0, 0.05) is 4.47 Å². The van der Waals surface area contributed by atoms with Gasteiger partial charge in [0.2, 0.25) is 0 Å². The highest BCUT2D eigenvalue weighted by Gasteiger charge is 2.17. The number of halogens is 1. The van der Waals surface area contributed by atoms with Gasteiger partial charge in [0.25, 0.3) is 11.8 Å². The minimum Gasteiger partial charge on any atom is -0.481 e. The number of nitrogens with one attached hydrogen (secondary N) is 2. The Morgan fingerprint density at radius 1 is 1.27 bits per heavy atom. The van der Waals surface area contributed by atoms with Crippen LogP contribution in [0.5, 0.6) is 5.75 Å². The molecule has 0 aliphatic carbocycles. The lowest BCUT2D eigenvalue weighted by Crippen LogP contribution is -2.47. The molecule has 0 bridgehead atoms. The minimum atomic E-state index is -0.737. The zero-order valence-corrected chi connectivity index (χ0v) is 14.5. The minimum absolute atomic E-state index is 0.337. The number of carbonyl (C=O) groups excluding carboxylic acids is 2. The van der Waals surface area contributed by atoms with E-state index in [0.29, 0.717) is 10.6 Å². The molecule has 1 aromatic heterocycles. The number of amides is 2. The highest BCUT2D eigenvalue weighted by Crippen LogP contribution is 2.19. The van der Waals surface area contributed by atoms with E-state index in [-0.39, 0.29) is 5.91 Å². The molecule has 22 heavy (non-hydrogen) atoms. The third-order valence-corrected chi connectivity index (χ3v) is 4.35. The zero-order chi connectivity index (χ0) is 16.1. The molecule has 2 rings (SSSR count). The molecule has 116 valence electrons. The van der Waals surface area contributed by atoms with Gasteiger partial charge in [-0.2, -0.15) is 0 Å². The highest BCUT2D eigenvalue weighted by atomic mass is 79.9. The summed E-state index contributed by atoms with van der Waals surface area (Å²) in [6.07, 6.45) is -0.737. The summed E-state index contributed by atoms with van der Waals surface area (Å²) >= 11 is 4.65. The van der Waals surface area contributed by atoms with Crippen LogP contribution in [0.3, 0.4) is 0 Å². The van der Waals surface area contributed by atoms with Crippen molar-refractivity contribution in [3.8, 4) is 5.75 Å². The first-order valence-corrected chi connectivity index (χ1v) is 8.21. The number of carbonyl (C=O) groups is 2. The fraction of sp³-hybridized carbons (Fsp3) is 0.200. The highest BCUT2D eigenvalue weighted by molar-refractivity contribution is 9.10. The van der Waals surface area contributed by atoms with Crippen LogP contribution in [0, 0.1) is 6.92 Å². The summed E-state index contributed by atoms with van der Waals surface area (Å²) in [5.41, 5.74) is 5.62. The van der Waals surface area contributed by atoms with Crippen molar-refractivity contribution in [3.63, 3.8) is 0 Å². The number of aryl methyl sites for hydroxylation is 1. The van der Waals surface area contributed by atoms with Crippen LogP contribution in [0.4, 0.5) is 0 Å². The molecule has 0 fully saturated rings. The molecule has 0 saturated heterocycles. The van der Waals surface area contributed by atoms with Crippen LogP contribution in [-0.2, 0) is 4.79 Å². The van der Waals surface area contributed by atoms with Crippen LogP contribution in [-0.4, -0.2) is 17.9 Å². The molecule has 0 saturated carbocycles. The van der Waals surface area contributed by atoms with Gasteiger partial charge in [0.05, 0.1) is 4.88 Å². The van der Waals surface area contributed by atoms with Gasteiger partial charge in [-0.25, -0.2) is 0 Å². The largest absolute Gasteiger partial charge is 0.481 e. The average Bonchev–Trinajstić information content (AvgIpc) is 2.90. The van der Waals surface area contributed by atoms with Crippen molar-refractivity contribution in [1.29, 1.82) is 0 Å². The van der Waals surface area contributed by atoms with Crippen LogP contribution in [0.25, 0.3) is 0 Å². The lowest BCUT2D eigenvalue weighted by molar-refractivity contribution is -0.128. The summed E-state index contributed by atoms with van der Waals surface area (Å²) in [4.78, 5) is 24.4. The Labute approximate surface area is 140 Å². The van der Waals surface area contributed by atoms with E-state index in [9.17, 15) is 9.59 Å². The Morgan fingerprint density at radius 3 is 2.68 bits per heavy atom. The third kappa shape index (κ3) is 4.32. The molecule has 7 heteroatoms. The number of benzene rings is 1. The van der Waals surface area contributed by atoms with Crippen molar-refractivity contribution in [2.45, 2.75) is 20.0 Å². The monoisotopic (exact) mass is 382 g/mol. The maximum atomic E-state index is 11.9. The van der Waals surface area contributed by atoms with Gasteiger partial charge in [0.1, 0.15) is 5.75 Å². The van der Waals surface area contributed by atoms with Crippen LogP contribution >= 0.6 is 27.3 Å². The first-order valence-electron chi connectivity index (χ1n) is 6.54. The molecular weight excluding hydrogens is 368 g/mol. The second kappa shape index (κ2) is 7.42. The smallest absolute Gasteiger partial charge is 0.280 e. The van der Waals surface area contributed by atoms with Crippen molar-refractivity contribution in [3.05, 3.63) is 50.6 Å². The first kappa shape index (κ1) is 16.5. The maximum Gasteiger partial charge on any atom is 0.280 e. The summed E-state index contributed by atoms with van der Waals surface area (Å²) in [7, 11) is 0. The van der Waals surface area contributed by atoms with E-state index in [4.69, 9.17) is 4.74 Å². The molecular formula is C15H15BrN2O3S. The van der Waals surface area contributed by atoms with Crippen molar-refractivity contribution < 1.29 is 14.3 Å². The summed E-state index contributed by atoms with van der Waals surface area (Å²) in [6, 6.07) is 9.03. The zero-order valence-electron chi connectivity index (χ0n) is 12.1. The third-order valence-electron chi connectivity index (χ3n) is 2.85. The second-order valence-corrected chi connectivity index (χ2v) is 6.43. The van der Waals surface area contributed by atoms with Gasteiger partial charge in [-0.15, -0.1) is 11.3 Å². The van der Waals surface area contributed by atoms with E-state index in [1.54, 1.807) is 19.1 Å². The van der Waals surface area contributed by atoms with Crippen molar-refractivity contribution >= 4 is 39.1 Å². The predicted octanol–water partition coefficient (Wildman–Crippen LogP) is 3.05. The lowest BCUT2D eigenvalue weighted by atomic mass is 10.3. The van der Waals surface area contributed by atoms with E-state index >= 15 is 0 Å². The lowest BCUT2D eigenvalue weighted by Gasteiger charge is -2.15. The molecule has 1 heterocycles. The van der Waals surface area contributed by atoms with Crippen LogP contribution in [0.1, 0.15) is 22.2 Å². The first-order chi connectivity index (χ1) is 10.5. The normalized spacial score (nSPS) is 11.6. The van der Waals surface area contributed by atoms with E-state index < -0.39 is 12.0 Å². The van der Waals surface area contributed by atoms with Crippen molar-refractivity contribution in [2.24, 2.45) is 0 Å². The molecule has 2 N–H and O–H groups in total. The molecule has 1 aromatic carbocycles. The molecule has 0 aliphatic rings. The van der Waals surface area contributed by atoms with E-state index in [0.717, 1.165) is 10.0 Å². The quantitative estimate of drug-likeness (QED) is 0.798. The molecule has 2 aromatic rings. The maximum absolute atomic E-state index is 11.9. The Balaban J connectivity index is 1.86. The van der Waals surface area contributed by atoms with Crippen molar-refractivity contribution in [1.82, 2.24) is 10.9 Å². The number of hydrogen-bond acceptors (Lipinski definition) is 4. The molecule has 1 atom stereocenters. The van der Waals surface area contributed by atoms with Gasteiger partial charge < -0.3 is 4.74 Å². The standard InChI is InChI=1S/C15H15BrN2O3S/c1-9-6-7-22-13(9)15(20)18-17-14(19)10(2)21-12-5-3-4-11(16)8-12/h3-8,10H,1-2H3,(H,17,19)(H,18,20). The van der Waals surface area contributed by atoms with Gasteiger partial charge in [-0.3, -0.25) is 20.4 Å². The summed E-state index contributed by atoms with van der Waals surface area (Å²) in [5.74, 6) is -0.199. The topological polar surface area (TPSA) is 67.4 Å². The fourth-order valence-corrected chi connectivity index (χ4v) is 2.88. The second-order valence-electron chi connectivity index (χ2n) is 4.59. The summed E-state index contributed by atoms with van der Waals surface area (Å²) < 4.78 is 6.37. The van der Waals surface area contributed by atoms with Crippen molar-refractivity contribution in [2.75, 3.05) is 0 Å². The van der Waals surface area contributed by atoms with Gasteiger partial charge in [-0.1, -0.05) is 22.0 Å². The molecule has 1 unspecified atom stereocenters. The Kier molecular flexibility index (Phi) is 5.57. The van der Waals surface area contributed by atoms with E-state index in [1.165, 1.54) is 11.3 Å². The van der Waals surface area contributed by atoms with Crippen LogP contribution < -0.4 is 15.6 Å². The van der Waals surface area contributed by atoms with Crippen LogP contribution in [0.15, 0.2) is 40.2 Å². The number of hydrazine groups is 1. The summed E-state index contributed by atoms with van der Waals surface area (Å²) in [5, 5.41) is 1.82. The van der Waals surface area contributed by atoms with Gasteiger partial charge >= 0.3 is 0 Å². The average molecular weight is 383 g/mol. The summed E-state index contributed by atoms with van der Waals surface area (Å²) in [6.45, 7) is 3.45. The molecule has 0 aliphatic heterocycles. The number of thiophene rings is 1.